The molecule has 5 nitrogen and oxygen atoms in total. The van der Waals surface area contributed by atoms with E-state index < -0.39 is 16.3 Å². The lowest BCUT2D eigenvalue weighted by atomic mass is 9.88. The number of aliphatic imine (C=N–C) groups is 1. The predicted octanol–water partition coefficient (Wildman–Crippen LogP) is 0.396. The lowest BCUT2D eigenvalue weighted by molar-refractivity contribution is 0.626. The van der Waals surface area contributed by atoms with Crippen LogP contribution in [-0.4, -0.2) is 19.2 Å². The van der Waals surface area contributed by atoms with E-state index in [4.69, 9.17) is 11.5 Å². The van der Waals surface area contributed by atoms with E-state index in [1.807, 2.05) is 12.1 Å². The molecule has 0 fully saturated rings. The Bertz CT molecular complexity index is 748. The first-order valence-electron chi connectivity index (χ1n) is 5.95. The largest absolute Gasteiger partial charge is 0.370 e. The third kappa shape index (κ3) is 1.84. The molecule has 0 bridgehead atoms. The summed E-state index contributed by atoms with van der Waals surface area (Å²) in [5.74, 6) is -0.111. The zero-order valence-electron chi connectivity index (χ0n) is 10.1. The van der Waals surface area contributed by atoms with Gasteiger partial charge in [-0.2, -0.15) is 8.42 Å². The monoisotopic (exact) mass is 275 g/mol. The molecule has 6 heteroatoms. The van der Waals surface area contributed by atoms with Crippen LogP contribution in [0.4, 0.5) is 0 Å². The number of rotatable bonds is 1. The van der Waals surface area contributed by atoms with E-state index in [-0.39, 0.29) is 10.8 Å². The SMILES string of the molecule is NC(N)=NC1C(=S(=O)=O)C=C2CCc3cccc1c32. The first-order chi connectivity index (χ1) is 9.08. The second kappa shape index (κ2) is 4.24. The maximum absolute atomic E-state index is 11.4. The van der Waals surface area contributed by atoms with Gasteiger partial charge in [-0.05, 0) is 41.2 Å². The van der Waals surface area contributed by atoms with E-state index in [0.717, 1.165) is 29.5 Å². The molecule has 0 radical (unpaired) electrons. The van der Waals surface area contributed by atoms with E-state index in [9.17, 15) is 8.42 Å². The van der Waals surface area contributed by atoms with E-state index in [0.29, 0.717) is 0 Å². The van der Waals surface area contributed by atoms with Gasteiger partial charge in [0, 0.05) is 0 Å². The van der Waals surface area contributed by atoms with E-state index in [2.05, 4.69) is 11.1 Å². The van der Waals surface area contributed by atoms with Gasteiger partial charge in [-0.1, -0.05) is 18.2 Å². The number of benzene rings is 1. The predicted molar refractivity (Wildman–Crippen MR) is 75.2 cm³/mol. The van der Waals surface area contributed by atoms with Gasteiger partial charge in [0.25, 0.3) is 0 Å². The Balaban J connectivity index is 2.34. The molecule has 3 rings (SSSR count). The van der Waals surface area contributed by atoms with Gasteiger partial charge in [0.1, 0.15) is 10.9 Å². The summed E-state index contributed by atoms with van der Waals surface area (Å²) >= 11 is 0. The van der Waals surface area contributed by atoms with Crippen LogP contribution in [0.5, 0.6) is 0 Å². The van der Waals surface area contributed by atoms with Crippen molar-refractivity contribution in [3.05, 3.63) is 41.0 Å². The van der Waals surface area contributed by atoms with Gasteiger partial charge in [0.05, 0.1) is 0 Å². The van der Waals surface area contributed by atoms with Gasteiger partial charge >= 0.3 is 0 Å². The molecule has 19 heavy (non-hydrogen) atoms. The van der Waals surface area contributed by atoms with Crippen molar-refractivity contribution in [2.45, 2.75) is 18.9 Å². The van der Waals surface area contributed by atoms with Crippen LogP contribution in [0, 0.1) is 0 Å². The van der Waals surface area contributed by atoms with Crippen LogP contribution in [0.2, 0.25) is 0 Å². The van der Waals surface area contributed by atoms with E-state index in [1.54, 1.807) is 6.08 Å². The standard InChI is InChI=1S/C13H13N3O2S/c14-13(15)16-12-9-3-1-2-7-4-5-8(11(7)9)6-10(12)19(17)18/h1-3,6,12H,4-5H2,(H4,14,15,16). The number of hydrogen-bond donors (Lipinski definition) is 2. The molecular formula is C13H13N3O2S. The van der Waals surface area contributed by atoms with Gasteiger partial charge in [0.15, 0.2) is 5.96 Å². The number of guanidine groups is 1. The molecule has 0 aliphatic heterocycles. The Morgan fingerprint density at radius 2 is 2.05 bits per heavy atom. The van der Waals surface area contributed by atoms with E-state index >= 15 is 0 Å². The molecule has 0 aromatic heterocycles. The number of aryl methyl sites for hydroxylation is 1. The lowest BCUT2D eigenvalue weighted by Gasteiger charge is -2.21. The summed E-state index contributed by atoms with van der Waals surface area (Å²) in [7, 11) is -2.33. The zero-order valence-corrected chi connectivity index (χ0v) is 10.9. The first kappa shape index (κ1) is 12.0. The summed E-state index contributed by atoms with van der Waals surface area (Å²) in [6.07, 6.45) is 3.50. The highest BCUT2D eigenvalue weighted by Crippen LogP contribution is 2.42. The lowest BCUT2D eigenvalue weighted by Crippen LogP contribution is -2.26. The molecule has 4 N–H and O–H groups in total. The maximum Gasteiger partial charge on any atom is 0.219 e. The van der Waals surface area contributed by atoms with Gasteiger partial charge < -0.3 is 11.5 Å². The van der Waals surface area contributed by atoms with Gasteiger partial charge in [-0.3, -0.25) is 0 Å². The number of nitrogens with two attached hydrogens (primary N) is 2. The summed E-state index contributed by atoms with van der Waals surface area (Å²) in [5.41, 5.74) is 15.1. The molecule has 0 amide bonds. The fourth-order valence-corrected chi connectivity index (χ4v) is 3.41. The summed E-state index contributed by atoms with van der Waals surface area (Å²) in [6.45, 7) is 0. The Labute approximate surface area is 112 Å². The minimum absolute atomic E-state index is 0.111. The maximum atomic E-state index is 11.4. The highest BCUT2D eigenvalue weighted by Gasteiger charge is 2.31. The minimum Gasteiger partial charge on any atom is -0.370 e. The minimum atomic E-state index is -2.33. The van der Waals surface area contributed by atoms with Crippen molar-refractivity contribution in [2.75, 3.05) is 0 Å². The van der Waals surface area contributed by atoms with Crippen molar-refractivity contribution in [3.8, 4) is 0 Å². The van der Waals surface area contributed by atoms with Crippen molar-refractivity contribution in [3.63, 3.8) is 0 Å². The molecule has 1 atom stereocenters. The summed E-state index contributed by atoms with van der Waals surface area (Å²) in [6, 6.07) is 5.25. The Morgan fingerprint density at radius 3 is 2.74 bits per heavy atom. The molecule has 98 valence electrons. The van der Waals surface area contributed by atoms with Crippen LogP contribution in [0.3, 0.4) is 0 Å². The summed E-state index contributed by atoms with van der Waals surface area (Å²) < 4.78 is 22.8. The van der Waals surface area contributed by atoms with Crippen molar-refractivity contribution < 1.29 is 8.42 Å². The Kier molecular flexibility index (Phi) is 2.67. The molecule has 1 aromatic rings. The number of hydrogen-bond acceptors (Lipinski definition) is 3. The molecule has 0 saturated heterocycles. The van der Waals surface area contributed by atoms with Crippen LogP contribution in [0.25, 0.3) is 5.57 Å². The summed E-state index contributed by atoms with van der Waals surface area (Å²) in [5, 5.41) is 0. The molecule has 1 unspecified atom stereocenters. The topological polar surface area (TPSA) is 98.5 Å². The quantitative estimate of drug-likeness (QED) is 0.440. The van der Waals surface area contributed by atoms with E-state index in [1.165, 1.54) is 5.56 Å². The third-order valence-electron chi connectivity index (χ3n) is 3.52. The van der Waals surface area contributed by atoms with Gasteiger partial charge in [0.2, 0.25) is 10.3 Å². The molecule has 1 aromatic carbocycles. The molecule has 0 saturated carbocycles. The smallest absolute Gasteiger partial charge is 0.219 e. The van der Waals surface area contributed by atoms with Crippen LogP contribution in [0.15, 0.2) is 29.3 Å². The fraction of sp³-hybridized carbons (Fsp3) is 0.231. The number of nitrogens with zero attached hydrogens (tertiary/aromatic N) is 1. The van der Waals surface area contributed by atoms with Crippen molar-refractivity contribution in [1.29, 1.82) is 0 Å². The van der Waals surface area contributed by atoms with Crippen LogP contribution in [0.1, 0.15) is 29.2 Å². The normalized spacial score (nSPS) is 19.7. The van der Waals surface area contributed by atoms with Crippen LogP contribution >= 0.6 is 0 Å². The van der Waals surface area contributed by atoms with Crippen LogP contribution in [-0.2, 0) is 16.7 Å². The Hall–Kier alpha value is -2.08. The molecular weight excluding hydrogens is 262 g/mol. The molecule has 2 aliphatic carbocycles. The fourth-order valence-electron chi connectivity index (χ4n) is 2.81. The average Bonchev–Trinajstić information content (AvgIpc) is 2.76. The third-order valence-corrected chi connectivity index (χ3v) is 4.24. The van der Waals surface area contributed by atoms with Crippen molar-refractivity contribution in [2.24, 2.45) is 16.5 Å². The number of allylic oxidation sites excluding steroid dienone is 1. The summed E-state index contributed by atoms with van der Waals surface area (Å²) in [4.78, 5) is 4.31. The highest BCUT2D eigenvalue weighted by atomic mass is 32.2. The van der Waals surface area contributed by atoms with Gasteiger partial charge in [-0.15, -0.1) is 0 Å². The average molecular weight is 275 g/mol. The molecule has 0 heterocycles. The van der Waals surface area contributed by atoms with Crippen molar-refractivity contribution in [1.82, 2.24) is 0 Å². The Morgan fingerprint density at radius 1 is 1.26 bits per heavy atom. The second-order valence-corrected chi connectivity index (χ2v) is 5.59. The first-order valence-corrected chi connectivity index (χ1v) is 7.03. The zero-order chi connectivity index (χ0) is 13.6. The van der Waals surface area contributed by atoms with Crippen molar-refractivity contribution >= 4 is 26.7 Å². The van der Waals surface area contributed by atoms with Crippen LogP contribution < -0.4 is 11.5 Å². The second-order valence-electron chi connectivity index (χ2n) is 4.64. The highest BCUT2D eigenvalue weighted by molar-refractivity contribution is 7.73. The molecule has 2 aliphatic rings. The van der Waals surface area contributed by atoms with Gasteiger partial charge in [-0.25, -0.2) is 4.99 Å². The molecule has 0 spiro atoms.